The lowest BCUT2D eigenvalue weighted by atomic mass is 10.0. The molecule has 0 aromatic rings. The molecule has 3 heteroatoms. The Bertz CT molecular complexity index is 202. The lowest BCUT2D eigenvalue weighted by Crippen LogP contribution is -2.40. The molecule has 0 aromatic heterocycles. The van der Waals surface area contributed by atoms with Crippen LogP contribution in [0.15, 0.2) is 0 Å². The van der Waals surface area contributed by atoms with Crippen molar-refractivity contribution in [2.75, 3.05) is 19.7 Å². The second kappa shape index (κ2) is 4.81. The van der Waals surface area contributed by atoms with E-state index in [4.69, 9.17) is 9.47 Å². The molecule has 15 heavy (non-hydrogen) atoms. The zero-order valence-electron chi connectivity index (χ0n) is 9.92. The molecule has 0 spiro atoms. The highest BCUT2D eigenvalue weighted by Crippen LogP contribution is 2.24. The summed E-state index contributed by atoms with van der Waals surface area (Å²) in [4.78, 5) is 0. The molecule has 0 bridgehead atoms. The van der Waals surface area contributed by atoms with E-state index in [1.165, 1.54) is 25.7 Å². The maximum absolute atomic E-state index is 5.76. The van der Waals surface area contributed by atoms with Crippen molar-refractivity contribution >= 4 is 0 Å². The Kier molecular flexibility index (Phi) is 3.65. The highest BCUT2D eigenvalue weighted by molar-refractivity contribution is 4.83. The van der Waals surface area contributed by atoms with Crippen LogP contribution in [0.2, 0.25) is 0 Å². The van der Waals surface area contributed by atoms with E-state index in [1.54, 1.807) is 0 Å². The van der Waals surface area contributed by atoms with Crippen molar-refractivity contribution in [1.29, 1.82) is 0 Å². The fraction of sp³-hybridized carbons (Fsp3) is 1.00. The predicted molar refractivity (Wildman–Crippen MR) is 60.0 cm³/mol. The third-order valence-corrected chi connectivity index (χ3v) is 3.49. The van der Waals surface area contributed by atoms with Crippen LogP contribution in [0, 0.1) is 0 Å². The summed E-state index contributed by atoms with van der Waals surface area (Å²) in [6.45, 7) is 7.21. The minimum Gasteiger partial charge on any atom is -0.374 e. The first-order chi connectivity index (χ1) is 7.18. The van der Waals surface area contributed by atoms with Gasteiger partial charge in [-0.1, -0.05) is 0 Å². The number of nitrogens with one attached hydrogen (secondary N) is 1. The van der Waals surface area contributed by atoms with Gasteiger partial charge in [-0.3, -0.25) is 0 Å². The van der Waals surface area contributed by atoms with Gasteiger partial charge in [0.15, 0.2) is 0 Å². The monoisotopic (exact) mass is 213 g/mol. The number of hydrogen-bond acceptors (Lipinski definition) is 3. The van der Waals surface area contributed by atoms with Gasteiger partial charge in [-0.2, -0.15) is 0 Å². The van der Waals surface area contributed by atoms with Gasteiger partial charge in [0, 0.05) is 19.7 Å². The van der Waals surface area contributed by atoms with Crippen LogP contribution in [-0.4, -0.2) is 37.5 Å². The Hall–Kier alpha value is -0.120. The van der Waals surface area contributed by atoms with Gasteiger partial charge in [-0.15, -0.1) is 0 Å². The average Bonchev–Trinajstić information content (AvgIpc) is 2.76. The van der Waals surface area contributed by atoms with Crippen LogP contribution in [-0.2, 0) is 9.47 Å². The molecule has 3 atom stereocenters. The van der Waals surface area contributed by atoms with Gasteiger partial charge in [0.2, 0.25) is 0 Å². The average molecular weight is 213 g/mol. The van der Waals surface area contributed by atoms with Gasteiger partial charge in [-0.25, -0.2) is 0 Å². The first kappa shape index (κ1) is 11.4. The molecule has 2 aliphatic heterocycles. The highest BCUT2D eigenvalue weighted by Gasteiger charge is 2.30. The van der Waals surface area contributed by atoms with Gasteiger partial charge < -0.3 is 14.8 Å². The number of ether oxygens (including phenoxy) is 2. The summed E-state index contributed by atoms with van der Waals surface area (Å²) in [5.74, 6) is 0. The molecular formula is C12H23NO2. The van der Waals surface area contributed by atoms with Crippen LogP contribution in [0.3, 0.4) is 0 Å². The van der Waals surface area contributed by atoms with Crippen molar-refractivity contribution in [2.24, 2.45) is 0 Å². The minimum absolute atomic E-state index is 0.0736. The minimum atomic E-state index is 0.0736. The second-order valence-corrected chi connectivity index (χ2v) is 5.18. The maximum Gasteiger partial charge on any atom is 0.0779 e. The summed E-state index contributed by atoms with van der Waals surface area (Å²) in [5.41, 5.74) is 0.0736. The summed E-state index contributed by atoms with van der Waals surface area (Å²) in [5, 5.41) is 3.48. The normalized spacial score (nSPS) is 41.2. The van der Waals surface area contributed by atoms with Gasteiger partial charge in [0.1, 0.15) is 0 Å². The summed E-state index contributed by atoms with van der Waals surface area (Å²) in [6.07, 6.45) is 5.67. The molecule has 0 aromatic carbocycles. The topological polar surface area (TPSA) is 30.5 Å². The molecule has 2 heterocycles. The molecule has 0 saturated carbocycles. The molecule has 2 saturated heterocycles. The molecule has 1 N–H and O–H groups in total. The summed E-state index contributed by atoms with van der Waals surface area (Å²) in [7, 11) is 0. The third-order valence-electron chi connectivity index (χ3n) is 3.49. The standard InChI is InChI=1S/C12H23NO2/c1-10-4-5-11(15-10)8-13-9-12(2)6-3-7-14-12/h10-11,13H,3-9H2,1-2H3. The fourth-order valence-corrected chi connectivity index (χ4v) is 2.51. The smallest absolute Gasteiger partial charge is 0.0779 e. The Morgan fingerprint density at radius 1 is 1.40 bits per heavy atom. The van der Waals surface area contributed by atoms with E-state index in [2.05, 4.69) is 19.2 Å². The van der Waals surface area contributed by atoms with E-state index in [0.717, 1.165) is 19.7 Å². The molecule has 3 nitrogen and oxygen atoms in total. The SMILES string of the molecule is CC1CCC(CNCC2(C)CCCO2)O1. The Morgan fingerprint density at radius 2 is 2.27 bits per heavy atom. The molecule has 0 aliphatic carbocycles. The lowest BCUT2D eigenvalue weighted by Gasteiger charge is -2.24. The van der Waals surface area contributed by atoms with Crippen LogP contribution in [0.5, 0.6) is 0 Å². The van der Waals surface area contributed by atoms with Crippen molar-refractivity contribution in [3.8, 4) is 0 Å². The summed E-state index contributed by atoms with van der Waals surface area (Å²) in [6, 6.07) is 0. The van der Waals surface area contributed by atoms with E-state index in [-0.39, 0.29) is 5.60 Å². The zero-order valence-corrected chi connectivity index (χ0v) is 9.92. The quantitative estimate of drug-likeness (QED) is 0.771. The molecule has 2 fully saturated rings. The van der Waals surface area contributed by atoms with Crippen molar-refractivity contribution in [2.45, 2.75) is 57.3 Å². The van der Waals surface area contributed by atoms with Gasteiger partial charge in [-0.05, 0) is 39.5 Å². The second-order valence-electron chi connectivity index (χ2n) is 5.18. The fourth-order valence-electron chi connectivity index (χ4n) is 2.51. The number of hydrogen-bond donors (Lipinski definition) is 1. The van der Waals surface area contributed by atoms with Gasteiger partial charge in [0.25, 0.3) is 0 Å². The zero-order chi connectivity index (χ0) is 10.7. The molecule has 2 rings (SSSR count). The van der Waals surface area contributed by atoms with Crippen LogP contribution >= 0.6 is 0 Å². The molecular weight excluding hydrogens is 190 g/mol. The first-order valence-electron chi connectivity index (χ1n) is 6.18. The third kappa shape index (κ3) is 3.16. The van der Waals surface area contributed by atoms with Gasteiger partial charge >= 0.3 is 0 Å². The molecule has 2 aliphatic rings. The van der Waals surface area contributed by atoms with Crippen LogP contribution in [0.1, 0.15) is 39.5 Å². The van der Waals surface area contributed by atoms with Crippen molar-refractivity contribution < 1.29 is 9.47 Å². The van der Waals surface area contributed by atoms with E-state index < -0.39 is 0 Å². The van der Waals surface area contributed by atoms with Crippen LogP contribution < -0.4 is 5.32 Å². The predicted octanol–water partition coefficient (Wildman–Crippen LogP) is 1.71. The maximum atomic E-state index is 5.76. The highest BCUT2D eigenvalue weighted by atomic mass is 16.5. The molecule has 0 amide bonds. The lowest BCUT2D eigenvalue weighted by molar-refractivity contribution is 0.0138. The first-order valence-corrected chi connectivity index (χ1v) is 6.18. The van der Waals surface area contributed by atoms with Crippen LogP contribution in [0.25, 0.3) is 0 Å². The van der Waals surface area contributed by atoms with E-state index in [0.29, 0.717) is 12.2 Å². The van der Waals surface area contributed by atoms with Crippen LogP contribution in [0.4, 0.5) is 0 Å². The summed E-state index contributed by atoms with van der Waals surface area (Å²) < 4.78 is 11.5. The molecule has 0 radical (unpaired) electrons. The van der Waals surface area contributed by atoms with Crippen molar-refractivity contribution in [1.82, 2.24) is 5.32 Å². The summed E-state index contributed by atoms with van der Waals surface area (Å²) >= 11 is 0. The Morgan fingerprint density at radius 3 is 2.87 bits per heavy atom. The van der Waals surface area contributed by atoms with E-state index in [9.17, 15) is 0 Å². The Balaban J connectivity index is 1.62. The van der Waals surface area contributed by atoms with E-state index in [1.807, 2.05) is 0 Å². The van der Waals surface area contributed by atoms with Crippen molar-refractivity contribution in [3.63, 3.8) is 0 Å². The largest absolute Gasteiger partial charge is 0.374 e. The molecule has 3 unspecified atom stereocenters. The van der Waals surface area contributed by atoms with E-state index >= 15 is 0 Å². The number of rotatable bonds is 4. The molecule has 88 valence electrons. The van der Waals surface area contributed by atoms with Crippen molar-refractivity contribution in [3.05, 3.63) is 0 Å². The Labute approximate surface area is 92.5 Å². The van der Waals surface area contributed by atoms with Gasteiger partial charge in [0.05, 0.1) is 17.8 Å².